The Balaban J connectivity index is 1.63. The van der Waals surface area contributed by atoms with Crippen LogP contribution in [0.3, 0.4) is 0 Å². The second kappa shape index (κ2) is 6.27. The summed E-state index contributed by atoms with van der Waals surface area (Å²) in [5.74, 6) is 0. The van der Waals surface area contributed by atoms with E-state index in [1.54, 1.807) is 0 Å². The monoisotopic (exact) mass is 272 g/mol. The van der Waals surface area contributed by atoms with Gasteiger partial charge in [0.2, 0.25) is 0 Å². The zero-order valence-electron chi connectivity index (χ0n) is 12.3. The Hall–Kier alpha value is -1.55. The number of rotatable bonds is 5. The van der Waals surface area contributed by atoms with Gasteiger partial charge in [-0.3, -0.25) is 4.68 Å². The summed E-state index contributed by atoms with van der Waals surface area (Å²) < 4.78 is 4.40. The molecular formula is C16H24N4. The molecule has 1 aliphatic rings. The average Bonchev–Trinajstić information content (AvgIpc) is 3.11. The zero-order chi connectivity index (χ0) is 13.8. The van der Waals surface area contributed by atoms with E-state index in [4.69, 9.17) is 5.10 Å². The van der Waals surface area contributed by atoms with Gasteiger partial charge in [-0.1, -0.05) is 19.3 Å². The van der Waals surface area contributed by atoms with Crippen LogP contribution in [-0.2, 0) is 13.1 Å². The highest BCUT2D eigenvalue weighted by Gasteiger charge is 2.15. The lowest BCUT2D eigenvalue weighted by molar-refractivity contribution is 0.328. The van der Waals surface area contributed by atoms with Crippen LogP contribution in [0, 0.1) is 0 Å². The van der Waals surface area contributed by atoms with E-state index in [9.17, 15) is 0 Å². The third-order valence-corrected chi connectivity index (χ3v) is 4.15. The summed E-state index contributed by atoms with van der Waals surface area (Å²) in [6, 6.07) is 4.95. The van der Waals surface area contributed by atoms with Crippen molar-refractivity contribution in [1.29, 1.82) is 0 Å². The van der Waals surface area contributed by atoms with Crippen molar-refractivity contribution in [2.75, 3.05) is 7.05 Å². The summed E-state index contributed by atoms with van der Waals surface area (Å²) in [6.07, 6.45) is 13.2. The topological polar surface area (TPSA) is 34.8 Å². The van der Waals surface area contributed by atoms with Gasteiger partial charge in [-0.05, 0) is 37.6 Å². The van der Waals surface area contributed by atoms with Crippen LogP contribution in [0.1, 0.15) is 49.4 Å². The second-order valence-corrected chi connectivity index (χ2v) is 5.80. The first-order chi connectivity index (χ1) is 9.85. The predicted molar refractivity (Wildman–Crippen MR) is 80.6 cm³/mol. The second-order valence-electron chi connectivity index (χ2n) is 5.80. The summed E-state index contributed by atoms with van der Waals surface area (Å²) in [4.78, 5) is 0. The van der Waals surface area contributed by atoms with Crippen molar-refractivity contribution in [1.82, 2.24) is 19.7 Å². The van der Waals surface area contributed by atoms with Gasteiger partial charge in [-0.15, -0.1) is 0 Å². The van der Waals surface area contributed by atoms with Crippen LogP contribution in [-0.4, -0.2) is 21.4 Å². The first-order valence-corrected chi connectivity index (χ1v) is 7.68. The molecular weight excluding hydrogens is 248 g/mol. The minimum absolute atomic E-state index is 0.627. The van der Waals surface area contributed by atoms with Crippen LogP contribution in [0.5, 0.6) is 0 Å². The van der Waals surface area contributed by atoms with Gasteiger partial charge >= 0.3 is 0 Å². The number of hydrogen-bond acceptors (Lipinski definition) is 2. The van der Waals surface area contributed by atoms with E-state index < -0.39 is 0 Å². The lowest BCUT2D eigenvalue weighted by Gasteiger charge is -2.21. The van der Waals surface area contributed by atoms with Crippen molar-refractivity contribution in [2.24, 2.45) is 0 Å². The summed E-state index contributed by atoms with van der Waals surface area (Å²) in [6.45, 7) is 1.78. The minimum Gasteiger partial charge on any atom is -0.348 e. The Morgan fingerprint density at radius 3 is 2.85 bits per heavy atom. The zero-order valence-corrected chi connectivity index (χ0v) is 12.3. The smallest absolute Gasteiger partial charge is 0.0821 e. The molecule has 2 aromatic rings. The van der Waals surface area contributed by atoms with Gasteiger partial charge in [0.1, 0.15) is 0 Å². The van der Waals surface area contributed by atoms with Crippen LogP contribution in [0.25, 0.3) is 0 Å². The SMILES string of the molecule is CNCc1ccn(Cc2ccn(C3CCCCC3)n2)c1. The van der Waals surface area contributed by atoms with Crippen LogP contribution in [0.15, 0.2) is 30.7 Å². The van der Waals surface area contributed by atoms with E-state index in [0.717, 1.165) is 18.8 Å². The molecule has 1 aliphatic carbocycles. The Labute approximate surface area is 120 Å². The van der Waals surface area contributed by atoms with Crippen molar-refractivity contribution in [3.05, 3.63) is 42.0 Å². The third kappa shape index (κ3) is 3.12. The molecule has 2 heterocycles. The van der Waals surface area contributed by atoms with E-state index in [1.807, 2.05) is 7.05 Å². The highest BCUT2D eigenvalue weighted by molar-refractivity contribution is 5.12. The van der Waals surface area contributed by atoms with Crippen LogP contribution < -0.4 is 5.32 Å². The highest BCUT2D eigenvalue weighted by atomic mass is 15.3. The predicted octanol–water partition coefficient (Wildman–Crippen LogP) is 2.96. The van der Waals surface area contributed by atoms with Crippen LogP contribution in [0.2, 0.25) is 0 Å². The Bertz CT molecular complexity index is 534. The average molecular weight is 272 g/mol. The molecule has 0 amide bonds. The Kier molecular flexibility index (Phi) is 4.21. The quantitative estimate of drug-likeness (QED) is 0.908. The standard InChI is InChI=1S/C16H24N4/c1-17-11-14-7-9-19(12-14)13-15-8-10-20(18-15)16-5-3-2-4-6-16/h7-10,12,16-17H,2-6,11,13H2,1H3. The molecule has 1 saturated carbocycles. The van der Waals surface area contributed by atoms with Crippen LogP contribution in [0.4, 0.5) is 0 Å². The molecule has 1 N–H and O–H groups in total. The van der Waals surface area contributed by atoms with Crippen molar-refractivity contribution >= 4 is 0 Å². The molecule has 0 spiro atoms. The van der Waals surface area contributed by atoms with Gasteiger partial charge in [-0.2, -0.15) is 5.10 Å². The molecule has 20 heavy (non-hydrogen) atoms. The largest absolute Gasteiger partial charge is 0.348 e. The highest BCUT2D eigenvalue weighted by Crippen LogP contribution is 2.27. The summed E-state index contributed by atoms with van der Waals surface area (Å²) in [5, 5.41) is 7.94. The molecule has 108 valence electrons. The molecule has 3 rings (SSSR count). The van der Waals surface area contributed by atoms with Crippen molar-refractivity contribution in [3.63, 3.8) is 0 Å². The van der Waals surface area contributed by atoms with E-state index in [0.29, 0.717) is 6.04 Å². The Morgan fingerprint density at radius 2 is 2.05 bits per heavy atom. The number of aromatic nitrogens is 3. The molecule has 0 radical (unpaired) electrons. The normalized spacial score (nSPS) is 16.6. The van der Waals surface area contributed by atoms with Gasteiger partial charge in [0, 0.05) is 25.1 Å². The van der Waals surface area contributed by atoms with E-state index in [2.05, 4.69) is 45.3 Å². The maximum Gasteiger partial charge on any atom is 0.0821 e. The van der Waals surface area contributed by atoms with Gasteiger partial charge < -0.3 is 9.88 Å². The lowest BCUT2D eigenvalue weighted by atomic mass is 9.96. The molecule has 4 nitrogen and oxygen atoms in total. The van der Waals surface area contributed by atoms with Gasteiger partial charge in [0.15, 0.2) is 0 Å². The molecule has 0 unspecified atom stereocenters. The maximum absolute atomic E-state index is 4.76. The molecule has 0 aliphatic heterocycles. The van der Waals surface area contributed by atoms with E-state index in [-0.39, 0.29) is 0 Å². The fourth-order valence-corrected chi connectivity index (χ4v) is 3.10. The number of nitrogens with one attached hydrogen (secondary N) is 1. The molecule has 2 aromatic heterocycles. The molecule has 4 heteroatoms. The van der Waals surface area contributed by atoms with E-state index in [1.165, 1.54) is 37.7 Å². The van der Waals surface area contributed by atoms with Crippen molar-refractivity contribution in [2.45, 2.75) is 51.2 Å². The lowest BCUT2D eigenvalue weighted by Crippen LogP contribution is -2.13. The molecule has 0 atom stereocenters. The molecule has 0 saturated heterocycles. The first-order valence-electron chi connectivity index (χ1n) is 7.68. The summed E-state index contributed by atoms with van der Waals surface area (Å²) in [5.41, 5.74) is 2.47. The van der Waals surface area contributed by atoms with Crippen molar-refractivity contribution in [3.8, 4) is 0 Å². The fraction of sp³-hybridized carbons (Fsp3) is 0.562. The minimum atomic E-state index is 0.627. The van der Waals surface area contributed by atoms with E-state index >= 15 is 0 Å². The summed E-state index contributed by atoms with van der Waals surface area (Å²) >= 11 is 0. The van der Waals surface area contributed by atoms with Gasteiger partial charge in [-0.25, -0.2) is 0 Å². The molecule has 0 aromatic carbocycles. The number of hydrogen-bond donors (Lipinski definition) is 1. The number of nitrogens with zero attached hydrogens (tertiary/aromatic N) is 3. The molecule has 0 bridgehead atoms. The van der Waals surface area contributed by atoms with Gasteiger partial charge in [0.05, 0.1) is 18.3 Å². The maximum atomic E-state index is 4.76. The Morgan fingerprint density at radius 1 is 1.20 bits per heavy atom. The summed E-state index contributed by atoms with van der Waals surface area (Å²) in [7, 11) is 1.98. The van der Waals surface area contributed by atoms with Gasteiger partial charge in [0.25, 0.3) is 0 Å². The third-order valence-electron chi connectivity index (χ3n) is 4.15. The fourth-order valence-electron chi connectivity index (χ4n) is 3.10. The molecule has 1 fully saturated rings. The first kappa shape index (κ1) is 13.4. The van der Waals surface area contributed by atoms with Crippen molar-refractivity contribution < 1.29 is 0 Å². The van der Waals surface area contributed by atoms with Crippen LogP contribution >= 0.6 is 0 Å².